The molecule has 0 bridgehead atoms. The molecule has 2 amide bonds. The molecule has 5 rings (SSSR count). The Morgan fingerprint density at radius 1 is 1.13 bits per heavy atom. The van der Waals surface area contributed by atoms with Gasteiger partial charge >= 0.3 is 6.16 Å². The van der Waals surface area contributed by atoms with Crippen molar-refractivity contribution < 1.29 is 33.0 Å². The molecule has 1 aliphatic heterocycles. The molecule has 1 N–H and O–H groups in total. The predicted octanol–water partition coefficient (Wildman–Crippen LogP) is 4.09. The van der Waals surface area contributed by atoms with E-state index in [-0.39, 0.29) is 59.0 Å². The third kappa shape index (κ3) is 4.71. The Balaban J connectivity index is 1.38. The zero-order chi connectivity index (χ0) is 27.1. The fourth-order valence-corrected chi connectivity index (χ4v) is 5.40. The normalized spacial score (nSPS) is 19.7. The van der Waals surface area contributed by atoms with E-state index >= 15 is 0 Å². The number of aromatic nitrogens is 1. The molecule has 38 heavy (non-hydrogen) atoms. The lowest BCUT2D eigenvalue weighted by molar-refractivity contribution is -0.140. The summed E-state index contributed by atoms with van der Waals surface area (Å²) in [4.78, 5) is 52.4. The summed E-state index contributed by atoms with van der Waals surface area (Å²) in [5, 5.41) is 3.22. The summed E-state index contributed by atoms with van der Waals surface area (Å²) < 4.78 is 25.7. The Kier molecular flexibility index (Phi) is 6.83. The minimum absolute atomic E-state index is 0.0323. The van der Waals surface area contributed by atoms with E-state index in [1.807, 2.05) is 0 Å². The second kappa shape index (κ2) is 10.1. The fourth-order valence-electron chi connectivity index (χ4n) is 5.21. The molecule has 198 valence electrons. The minimum Gasteiger partial charge on any atom is -0.437 e. The van der Waals surface area contributed by atoms with Crippen LogP contribution in [-0.2, 0) is 27.4 Å². The molecule has 2 fully saturated rings. The number of ketones is 1. The second-order valence-corrected chi connectivity index (χ2v) is 9.89. The zero-order valence-electron chi connectivity index (χ0n) is 20.7. The summed E-state index contributed by atoms with van der Waals surface area (Å²) in [6.45, 7) is 1.17. The van der Waals surface area contributed by atoms with Crippen LogP contribution in [0, 0.1) is 11.7 Å². The number of benzene rings is 2. The number of piperidine rings is 1. The van der Waals surface area contributed by atoms with Crippen molar-refractivity contribution in [3.8, 4) is 5.75 Å². The zero-order valence-corrected chi connectivity index (χ0v) is 21.5. The van der Waals surface area contributed by atoms with Crippen LogP contribution in [0.5, 0.6) is 5.75 Å². The van der Waals surface area contributed by atoms with Crippen LogP contribution in [-0.4, -0.2) is 52.4 Å². The Hall–Kier alpha value is -3.92. The number of likely N-dealkylation sites (tertiary alicyclic amines) is 1. The van der Waals surface area contributed by atoms with Crippen molar-refractivity contribution in [3.63, 3.8) is 0 Å². The maximum atomic E-state index is 14.3. The van der Waals surface area contributed by atoms with E-state index < -0.39 is 18.0 Å². The number of hydrogen-bond acceptors (Lipinski definition) is 6. The summed E-state index contributed by atoms with van der Waals surface area (Å²) in [5.41, 5.74) is 1.01. The smallest absolute Gasteiger partial charge is 0.437 e. The molecule has 9 nitrogen and oxygen atoms in total. The van der Waals surface area contributed by atoms with E-state index in [4.69, 9.17) is 16.3 Å². The molecule has 1 saturated carbocycles. The number of rotatable bonds is 7. The molecular weight excluding hydrogens is 517 g/mol. The lowest BCUT2D eigenvalue weighted by Crippen LogP contribution is -2.48. The number of halogens is 2. The molecule has 11 heteroatoms. The molecule has 1 saturated heterocycles. The fraction of sp³-hybridized carbons (Fsp3) is 0.333. The maximum Gasteiger partial charge on any atom is 0.513 e. The SMILES string of the molecule is COC(=O)Oc1cccc2c(C(C)=O)cn(CC(=O)N3[C@@H]4C[C@@H]4C[C@H]3C(=O)NCc3cccc(Cl)c3F)c12. The molecule has 1 aromatic heterocycles. The molecular formula is C27H25ClFN3O6. The number of carbonyl (C=O) groups excluding carboxylic acids is 4. The molecule has 0 unspecified atom stereocenters. The average Bonchev–Trinajstić information content (AvgIpc) is 3.38. The van der Waals surface area contributed by atoms with Crippen LogP contribution in [0.25, 0.3) is 10.9 Å². The second-order valence-electron chi connectivity index (χ2n) is 9.48. The van der Waals surface area contributed by atoms with Gasteiger partial charge in [-0.1, -0.05) is 35.9 Å². The van der Waals surface area contributed by atoms with Gasteiger partial charge in [-0.05, 0) is 37.8 Å². The summed E-state index contributed by atoms with van der Waals surface area (Å²) in [7, 11) is 1.18. The minimum atomic E-state index is -0.936. The number of nitrogens with one attached hydrogen (secondary N) is 1. The first-order valence-corrected chi connectivity index (χ1v) is 12.5. The van der Waals surface area contributed by atoms with Crippen LogP contribution < -0.4 is 10.1 Å². The average molecular weight is 542 g/mol. The summed E-state index contributed by atoms with van der Waals surface area (Å²) in [6.07, 6.45) is 1.93. The van der Waals surface area contributed by atoms with Gasteiger partial charge in [0.15, 0.2) is 11.5 Å². The van der Waals surface area contributed by atoms with Crippen LogP contribution >= 0.6 is 11.6 Å². The van der Waals surface area contributed by atoms with E-state index in [1.54, 1.807) is 39.9 Å². The van der Waals surface area contributed by atoms with E-state index in [0.717, 1.165) is 6.42 Å². The van der Waals surface area contributed by atoms with Gasteiger partial charge in [-0.15, -0.1) is 0 Å². The van der Waals surface area contributed by atoms with E-state index in [2.05, 4.69) is 10.1 Å². The molecule has 1 aliphatic carbocycles. The summed E-state index contributed by atoms with van der Waals surface area (Å²) >= 11 is 5.83. The van der Waals surface area contributed by atoms with Gasteiger partial charge in [0, 0.05) is 35.3 Å². The lowest BCUT2D eigenvalue weighted by atomic mass is 10.1. The van der Waals surface area contributed by atoms with Gasteiger partial charge in [0.25, 0.3) is 0 Å². The monoisotopic (exact) mass is 541 g/mol. The largest absolute Gasteiger partial charge is 0.513 e. The van der Waals surface area contributed by atoms with Crippen LogP contribution in [0.1, 0.15) is 35.7 Å². The number of methoxy groups -OCH3 is 1. The first kappa shape index (κ1) is 25.7. The highest BCUT2D eigenvalue weighted by atomic mass is 35.5. The Morgan fingerprint density at radius 3 is 2.63 bits per heavy atom. The van der Waals surface area contributed by atoms with Gasteiger partial charge in [-0.2, -0.15) is 0 Å². The number of hydrogen-bond donors (Lipinski definition) is 1. The van der Waals surface area contributed by atoms with Gasteiger partial charge in [-0.25, -0.2) is 9.18 Å². The van der Waals surface area contributed by atoms with E-state index in [0.29, 0.717) is 22.9 Å². The van der Waals surface area contributed by atoms with Crippen molar-refractivity contribution in [3.05, 3.63) is 64.6 Å². The third-order valence-corrected chi connectivity index (χ3v) is 7.38. The number of ether oxygens (including phenoxy) is 2. The van der Waals surface area contributed by atoms with Crippen molar-refractivity contribution in [2.75, 3.05) is 7.11 Å². The highest BCUT2D eigenvalue weighted by molar-refractivity contribution is 6.30. The van der Waals surface area contributed by atoms with Crippen LogP contribution in [0.3, 0.4) is 0 Å². The quantitative estimate of drug-likeness (QED) is 0.274. The third-order valence-electron chi connectivity index (χ3n) is 7.09. The van der Waals surface area contributed by atoms with Gasteiger partial charge in [0.2, 0.25) is 11.8 Å². The van der Waals surface area contributed by atoms with Crippen molar-refractivity contribution in [1.82, 2.24) is 14.8 Å². The van der Waals surface area contributed by atoms with E-state index in [9.17, 15) is 23.6 Å². The maximum absolute atomic E-state index is 14.3. The van der Waals surface area contributed by atoms with Gasteiger partial charge in [-0.3, -0.25) is 14.4 Å². The molecule has 2 aliphatic rings. The first-order chi connectivity index (χ1) is 18.2. The Labute approximate surface area is 222 Å². The van der Waals surface area contributed by atoms with Crippen LogP contribution in [0.4, 0.5) is 9.18 Å². The number of Topliss-reactive ketones (excluding diaryl/α,β-unsaturated/α-hetero) is 1. The Bertz CT molecular complexity index is 1470. The number of amides is 2. The van der Waals surface area contributed by atoms with Crippen molar-refractivity contribution in [2.24, 2.45) is 5.92 Å². The standard InChI is InChI=1S/C27H25ClFN3O6/c1-14(33)18-12-31(25-17(18)6-4-8-22(25)38-27(36)37-2)13-23(34)32-20-9-16(20)10-21(32)26(35)30-11-15-5-3-7-19(28)24(15)29/h3-8,12,16,20-21H,9-11,13H2,1-2H3,(H,30,35)/t16-,20-,21+/m1/s1. The highest BCUT2D eigenvalue weighted by Gasteiger charge is 2.55. The van der Waals surface area contributed by atoms with Gasteiger partial charge < -0.3 is 24.3 Å². The van der Waals surface area contributed by atoms with Crippen molar-refractivity contribution >= 4 is 46.3 Å². The topological polar surface area (TPSA) is 107 Å². The van der Waals surface area contributed by atoms with Crippen molar-refractivity contribution in [1.29, 1.82) is 0 Å². The van der Waals surface area contributed by atoms with Crippen molar-refractivity contribution in [2.45, 2.75) is 44.9 Å². The molecule has 2 heterocycles. The molecule has 0 spiro atoms. The molecule has 3 atom stereocenters. The predicted molar refractivity (Wildman–Crippen MR) is 135 cm³/mol. The molecule has 0 radical (unpaired) electrons. The highest BCUT2D eigenvalue weighted by Crippen LogP contribution is 2.48. The van der Waals surface area contributed by atoms with E-state index in [1.165, 1.54) is 26.2 Å². The van der Waals surface area contributed by atoms with Gasteiger partial charge in [0.05, 0.1) is 17.6 Å². The first-order valence-electron chi connectivity index (χ1n) is 12.1. The van der Waals surface area contributed by atoms with Crippen LogP contribution in [0.2, 0.25) is 5.02 Å². The molecule has 2 aromatic carbocycles. The van der Waals surface area contributed by atoms with Crippen LogP contribution in [0.15, 0.2) is 42.6 Å². The lowest BCUT2D eigenvalue weighted by Gasteiger charge is -2.27. The number of fused-ring (bicyclic) bond motifs is 2. The number of carbonyl (C=O) groups is 4. The molecule has 3 aromatic rings. The summed E-state index contributed by atoms with van der Waals surface area (Å²) in [6, 6.07) is 8.69. The number of nitrogens with zero attached hydrogens (tertiary/aromatic N) is 2. The number of para-hydroxylation sites is 1. The van der Waals surface area contributed by atoms with Gasteiger partial charge in [0.1, 0.15) is 18.4 Å². The Morgan fingerprint density at radius 2 is 1.89 bits per heavy atom. The summed E-state index contributed by atoms with van der Waals surface area (Å²) in [5.74, 6) is -1.14.